The first-order chi connectivity index (χ1) is 19.8. The van der Waals surface area contributed by atoms with Gasteiger partial charge in [-0.3, -0.25) is 0 Å². The third kappa shape index (κ3) is 6.67. The Balaban J connectivity index is 1.64. The van der Waals surface area contributed by atoms with Gasteiger partial charge in [-0.05, 0) is 49.1 Å². The van der Waals surface area contributed by atoms with E-state index in [1.807, 2.05) is 136 Å². The highest BCUT2D eigenvalue weighted by molar-refractivity contribution is 5.94. The number of rotatable bonds is 8. The lowest BCUT2D eigenvalue weighted by molar-refractivity contribution is -0.157. The van der Waals surface area contributed by atoms with Crippen LogP contribution < -0.4 is 5.32 Å². The molecular formula is C35H34N2O4. The lowest BCUT2D eigenvalue weighted by Gasteiger charge is -2.30. The Morgan fingerprint density at radius 2 is 1.37 bits per heavy atom. The first-order valence-corrected chi connectivity index (χ1v) is 13.7. The molecule has 0 saturated carbocycles. The summed E-state index contributed by atoms with van der Waals surface area (Å²) in [5.41, 5.74) is 4.58. The Bertz CT molecular complexity index is 1610. The molecule has 2 N–H and O–H groups in total. The SMILES string of the molecule is CC(C)(C)OC(=O)C(NC(=O)OCc1ccccc1)C(c1ccccc1)c1c(-c2ccccc2)[nH]c2ccccc12. The van der Waals surface area contributed by atoms with Crippen LogP contribution in [0.15, 0.2) is 115 Å². The summed E-state index contributed by atoms with van der Waals surface area (Å²) in [4.78, 5) is 30.8. The second-order valence-corrected chi connectivity index (χ2v) is 10.9. The average Bonchev–Trinajstić information content (AvgIpc) is 3.36. The molecule has 5 rings (SSSR count). The van der Waals surface area contributed by atoms with E-state index < -0.39 is 29.6 Å². The topological polar surface area (TPSA) is 80.4 Å². The van der Waals surface area contributed by atoms with Crippen LogP contribution in [-0.4, -0.2) is 28.7 Å². The highest BCUT2D eigenvalue weighted by atomic mass is 16.6. The van der Waals surface area contributed by atoms with E-state index in [2.05, 4.69) is 10.3 Å². The minimum absolute atomic E-state index is 0.0755. The molecule has 1 aromatic heterocycles. The lowest BCUT2D eigenvalue weighted by atomic mass is 9.82. The van der Waals surface area contributed by atoms with Crippen LogP contribution in [0.4, 0.5) is 4.79 Å². The Kier molecular flexibility index (Phi) is 8.20. The first-order valence-electron chi connectivity index (χ1n) is 13.7. The van der Waals surface area contributed by atoms with Gasteiger partial charge < -0.3 is 19.8 Å². The molecule has 0 saturated heterocycles. The molecule has 0 radical (unpaired) electrons. The summed E-state index contributed by atoms with van der Waals surface area (Å²) in [5, 5.41) is 3.84. The predicted octanol–water partition coefficient (Wildman–Crippen LogP) is 7.60. The van der Waals surface area contributed by atoms with Crippen LogP contribution in [0.3, 0.4) is 0 Å². The summed E-state index contributed by atoms with van der Waals surface area (Å²) in [6.45, 7) is 5.52. The van der Waals surface area contributed by atoms with E-state index in [1.165, 1.54) is 0 Å². The van der Waals surface area contributed by atoms with Crippen molar-refractivity contribution in [2.24, 2.45) is 0 Å². The number of hydrogen-bond acceptors (Lipinski definition) is 4. The Labute approximate surface area is 240 Å². The maximum atomic E-state index is 14.0. The molecule has 208 valence electrons. The van der Waals surface area contributed by atoms with Crippen LogP contribution in [0.1, 0.15) is 43.4 Å². The Morgan fingerprint density at radius 1 is 0.780 bits per heavy atom. The first kappa shape index (κ1) is 27.7. The van der Waals surface area contributed by atoms with Gasteiger partial charge in [-0.2, -0.15) is 0 Å². The molecule has 2 atom stereocenters. The number of aromatic nitrogens is 1. The van der Waals surface area contributed by atoms with E-state index in [4.69, 9.17) is 9.47 Å². The minimum Gasteiger partial charge on any atom is -0.458 e. The summed E-state index contributed by atoms with van der Waals surface area (Å²) >= 11 is 0. The number of hydrogen-bond donors (Lipinski definition) is 2. The zero-order valence-electron chi connectivity index (χ0n) is 23.5. The molecule has 0 aliphatic carbocycles. The van der Waals surface area contributed by atoms with E-state index in [-0.39, 0.29) is 6.61 Å². The fourth-order valence-corrected chi connectivity index (χ4v) is 5.04. The van der Waals surface area contributed by atoms with Gasteiger partial charge >= 0.3 is 12.1 Å². The molecule has 2 unspecified atom stereocenters. The van der Waals surface area contributed by atoms with Gasteiger partial charge in [-0.1, -0.05) is 109 Å². The number of alkyl carbamates (subject to hydrolysis) is 1. The molecule has 41 heavy (non-hydrogen) atoms. The van der Waals surface area contributed by atoms with Crippen molar-refractivity contribution in [1.82, 2.24) is 10.3 Å². The van der Waals surface area contributed by atoms with Crippen LogP contribution in [0.25, 0.3) is 22.2 Å². The largest absolute Gasteiger partial charge is 0.458 e. The van der Waals surface area contributed by atoms with Gasteiger partial charge in [0, 0.05) is 16.8 Å². The summed E-state index contributed by atoms with van der Waals surface area (Å²) in [5.74, 6) is -1.14. The molecule has 0 aliphatic heterocycles. The maximum absolute atomic E-state index is 14.0. The number of benzene rings is 4. The quantitative estimate of drug-likeness (QED) is 0.196. The summed E-state index contributed by atoms with van der Waals surface area (Å²) in [6.07, 6.45) is -0.702. The number of para-hydroxylation sites is 1. The Hall–Kier alpha value is -4.84. The number of esters is 1. The third-order valence-corrected chi connectivity index (χ3v) is 6.76. The van der Waals surface area contributed by atoms with Crippen molar-refractivity contribution in [1.29, 1.82) is 0 Å². The van der Waals surface area contributed by atoms with Gasteiger partial charge in [-0.15, -0.1) is 0 Å². The number of carbonyl (C=O) groups is 2. The molecule has 0 aliphatic rings. The molecule has 5 aromatic rings. The van der Waals surface area contributed by atoms with Crippen LogP contribution in [0.5, 0.6) is 0 Å². The molecule has 4 aromatic carbocycles. The molecular weight excluding hydrogens is 512 g/mol. The molecule has 0 fully saturated rings. The van der Waals surface area contributed by atoms with Gasteiger partial charge in [0.15, 0.2) is 0 Å². The van der Waals surface area contributed by atoms with Gasteiger partial charge in [0.25, 0.3) is 0 Å². The fraction of sp³-hybridized carbons (Fsp3) is 0.200. The normalized spacial score (nSPS) is 12.9. The molecule has 6 heteroatoms. The average molecular weight is 547 g/mol. The van der Waals surface area contributed by atoms with Gasteiger partial charge in [0.2, 0.25) is 0 Å². The Morgan fingerprint density at radius 3 is 2.02 bits per heavy atom. The number of amides is 1. The lowest BCUT2D eigenvalue weighted by Crippen LogP contribution is -2.48. The highest BCUT2D eigenvalue weighted by Gasteiger charge is 2.38. The van der Waals surface area contributed by atoms with Crippen molar-refractivity contribution in [3.05, 3.63) is 132 Å². The molecule has 0 spiro atoms. The zero-order valence-corrected chi connectivity index (χ0v) is 23.5. The van der Waals surface area contributed by atoms with Crippen molar-refractivity contribution < 1.29 is 19.1 Å². The van der Waals surface area contributed by atoms with Crippen LogP contribution in [0.2, 0.25) is 0 Å². The van der Waals surface area contributed by atoms with Crippen LogP contribution >= 0.6 is 0 Å². The minimum atomic E-state index is -1.08. The summed E-state index contributed by atoms with van der Waals surface area (Å²) < 4.78 is 11.5. The molecule has 1 heterocycles. The van der Waals surface area contributed by atoms with Crippen molar-refractivity contribution in [2.75, 3.05) is 0 Å². The number of carbonyl (C=O) groups excluding carboxylic acids is 2. The van der Waals surface area contributed by atoms with E-state index in [0.717, 1.165) is 38.9 Å². The number of fused-ring (bicyclic) bond motifs is 1. The number of ether oxygens (including phenoxy) is 2. The van der Waals surface area contributed by atoms with Gasteiger partial charge in [-0.25, -0.2) is 9.59 Å². The van der Waals surface area contributed by atoms with E-state index in [9.17, 15) is 9.59 Å². The van der Waals surface area contributed by atoms with E-state index in [1.54, 1.807) is 0 Å². The van der Waals surface area contributed by atoms with Crippen molar-refractivity contribution in [3.8, 4) is 11.3 Å². The monoisotopic (exact) mass is 546 g/mol. The summed E-state index contributed by atoms with van der Waals surface area (Å²) in [6, 6.07) is 36.0. The third-order valence-electron chi connectivity index (χ3n) is 6.76. The van der Waals surface area contributed by atoms with Crippen LogP contribution in [-0.2, 0) is 20.9 Å². The smallest absolute Gasteiger partial charge is 0.408 e. The van der Waals surface area contributed by atoms with Gasteiger partial charge in [0.05, 0.1) is 5.69 Å². The van der Waals surface area contributed by atoms with Crippen molar-refractivity contribution in [3.63, 3.8) is 0 Å². The van der Waals surface area contributed by atoms with Crippen molar-refractivity contribution in [2.45, 2.75) is 44.9 Å². The number of H-pyrrole nitrogens is 1. The van der Waals surface area contributed by atoms with E-state index >= 15 is 0 Å². The standard InChI is InChI=1S/C35H34N2O4/c1-35(2,3)41-33(38)32(37-34(39)40-23-24-15-7-4-8-16-24)29(25-17-9-5-10-18-25)30-27-21-13-14-22-28(27)36-31(30)26-19-11-6-12-20-26/h4-22,29,32,36H,23H2,1-3H3,(H,37,39). The molecule has 6 nitrogen and oxygen atoms in total. The van der Waals surface area contributed by atoms with Gasteiger partial charge in [0.1, 0.15) is 18.2 Å². The van der Waals surface area contributed by atoms with Crippen LogP contribution in [0, 0.1) is 0 Å². The molecule has 0 bridgehead atoms. The van der Waals surface area contributed by atoms with E-state index in [0.29, 0.717) is 0 Å². The summed E-state index contributed by atoms with van der Waals surface area (Å²) in [7, 11) is 0. The second kappa shape index (κ2) is 12.1. The zero-order chi connectivity index (χ0) is 28.8. The highest BCUT2D eigenvalue weighted by Crippen LogP contribution is 2.41. The predicted molar refractivity (Wildman–Crippen MR) is 161 cm³/mol. The number of nitrogens with one attached hydrogen (secondary N) is 2. The number of aromatic amines is 1. The van der Waals surface area contributed by atoms with Crippen molar-refractivity contribution >= 4 is 23.0 Å². The maximum Gasteiger partial charge on any atom is 0.408 e. The second-order valence-electron chi connectivity index (χ2n) is 10.9. The fourth-order valence-electron chi connectivity index (χ4n) is 5.04. The molecule has 1 amide bonds.